The van der Waals surface area contributed by atoms with E-state index in [2.05, 4.69) is 39.2 Å². The highest BCUT2D eigenvalue weighted by molar-refractivity contribution is 7.98. The smallest absolute Gasteiger partial charge is 0.387 e. The molecule has 24 heavy (non-hydrogen) atoms. The molecule has 0 aliphatic carbocycles. The summed E-state index contributed by atoms with van der Waals surface area (Å²) in [5, 5.41) is 8.42. The van der Waals surface area contributed by atoms with Crippen LogP contribution in [0.1, 0.15) is 11.1 Å². The van der Waals surface area contributed by atoms with Crippen molar-refractivity contribution in [2.24, 2.45) is 0 Å². The van der Waals surface area contributed by atoms with Gasteiger partial charge in [0.05, 0.1) is 0 Å². The van der Waals surface area contributed by atoms with Crippen molar-refractivity contribution in [3.05, 3.63) is 59.7 Å². The zero-order chi connectivity index (χ0) is 16.9. The second kappa shape index (κ2) is 7.44. The first-order valence-electron chi connectivity index (χ1n) is 7.17. The maximum absolute atomic E-state index is 12.1. The Labute approximate surface area is 141 Å². The Bertz CT molecular complexity index is 789. The van der Waals surface area contributed by atoms with Gasteiger partial charge in [-0.25, -0.2) is 0 Å². The van der Waals surface area contributed by atoms with Crippen molar-refractivity contribution < 1.29 is 17.9 Å². The standard InChI is InChI=1S/C17H14F2N2O2S/c1-11-2-4-12(5-3-11)10-24-17-21-20-15(23-17)13-6-8-14(9-7-13)22-16(18)19/h2-9,16H,10H2,1H3. The van der Waals surface area contributed by atoms with Gasteiger partial charge in [0.1, 0.15) is 5.75 Å². The fraction of sp³-hybridized carbons (Fsp3) is 0.176. The highest BCUT2D eigenvalue weighted by Crippen LogP contribution is 2.27. The number of hydrogen-bond donors (Lipinski definition) is 0. The molecule has 0 aliphatic heterocycles. The van der Waals surface area contributed by atoms with E-state index in [0.717, 1.165) is 5.75 Å². The van der Waals surface area contributed by atoms with Gasteiger partial charge in [-0.2, -0.15) is 8.78 Å². The molecule has 2 aromatic carbocycles. The quantitative estimate of drug-likeness (QED) is 0.591. The predicted octanol–water partition coefficient (Wildman–Crippen LogP) is 4.94. The van der Waals surface area contributed by atoms with E-state index < -0.39 is 6.61 Å². The second-order valence-electron chi connectivity index (χ2n) is 5.05. The van der Waals surface area contributed by atoms with Gasteiger partial charge in [0.15, 0.2) is 0 Å². The van der Waals surface area contributed by atoms with Crippen LogP contribution in [0.3, 0.4) is 0 Å². The first-order valence-corrected chi connectivity index (χ1v) is 8.16. The molecule has 0 radical (unpaired) electrons. The molecular formula is C17H14F2N2O2S. The van der Waals surface area contributed by atoms with E-state index in [-0.39, 0.29) is 5.75 Å². The molecular weight excluding hydrogens is 334 g/mol. The van der Waals surface area contributed by atoms with Crippen molar-refractivity contribution >= 4 is 11.8 Å². The van der Waals surface area contributed by atoms with Crippen molar-refractivity contribution in [1.29, 1.82) is 0 Å². The number of aromatic nitrogens is 2. The summed E-state index contributed by atoms with van der Waals surface area (Å²) in [5.41, 5.74) is 3.02. The summed E-state index contributed by atoms with van der Waals surface area (Å²) in [5.74, 6) is 1.15. The third-order valence-corrected chi connectivity index (χ3v) is 4.11. The summed E-state index contributed by atoms with van der Waals surface area (Å²) < 4.78 is 34.1. The van der Waals surface area contributed by atoms with Gasteiger partial charge in [-0.1, -0.05) is 41.6 Å². The molecule has 0 unspecified atom stereocenters. The third-order valence-electron chi connectivity index (χ3n) is 3.22. The molecule has 0 saturated heterocycles. The number of aryl methyl sites for hydroxylation is 1. The molecule has 0 N–H and O–H groups in total. The Morgan fingerprint density at radius 3 is 2.42 bits per heavy atom. The molecule has 3 rings (SSSR count). The number of benzene rings is 2. The van der Waals surface area contributed by atoms with Gasteiger partial charge < -0.3 is 9.15 Å². The minimum atomic E-state index is -2.84. The molecule has 7 heteroatoms. The number of ether oxygens (including phenoxy) is 1. The molecule has 0 aliphatic rings. The summed E-state index contributed by atoms with van der Waals surface area (Å²) >= 11 is 1.44. The lowest BCUT2D eigenvalue weighted by molar-refractivity contribution is -0.0498. The van der Waals surface area contributed by atoms with Crippen LogP contribution in [0.15, 0.2) is 58.2 Å². The largest absolute Gasteiger partial charge is 0.435 e. The van der Waals surface area contributed by atoms with Crippen molar-refractivity contribution in [3.63, 3.8) is 0 Å². The zero-order valence-electron chi connectivity index (χ0n) is 12.8. The fourth-order valence-electron chi connectivity index (χ4n) is 1.99. The Hall–Kier alpha value is -2.41. The molecule has 1 heterocycles. The summed E-state index contributed by atoms with van der Waals surface area (Å²) in [4.78, 5) is 0. The van der Waals surface area contributed by atoms with Crippen LogP contribution < -0.4 is 4.74 Å². The van der Waals surface area contributed by atoms with E-state index in [1.165, 1.54) is 35.0 Å². The first-order chi connectivity index (χ1) is 11.6. The SMILES string of the molecule is Cc1ccc(CSc2nnc(-c3ccc(OC(F)F)cc3)o2)cc1. The summed E-state index contributed by atoms with van der Waals surface area (Å²) in [6.45, 7) is -0.803. The highest BCUT2D eigenvalue weighted by atomic mass is 32.2. The number of rotatable bonds is 6. The van der Waals surface area contributed by atoms with E-state index in [0.29, 0.717) is 16.7 Å². The third kappa shape index (κ3) is 4.32. The number of hydrogen-bond acceptors (Lipinski definition) is 5. The van der Waals surface area contributed by atoms with Crippen molar-refractivity contribution in [2.45, 2.75) is 24.5 Å². The Morgan fingerprint density at radius 1 is 1.04 bits per heavy atom. The molecule has 0 fully saturated rings. The van der Waals surface area contributed by atoms with Gasteiger partial charge in [-0.3, -0.25) is 0 Å². The average molecular weight is 348 g/mol. The number of nitrogens with zero attached hydrogens (tertiary/aromatic N) is 2. The molecule has 4 nitrogen and oxygen atoms in total. The van der Waals surface area contributed by atoms with Crippen LogP contribution >= 0.6 is 11.8 Å². The molecule has 3 aromatic rings. The van der Waals surface area contributed by atoms with Crippen LogP contribution in [0.5, 0.6) is 5.75 Å². The molecule has 0 saturated carbocycles. The van der Waals surface area contributed by atoms with E-state index >= 15 is 0 Å². The molecule has 124 valence electrons. The molecule has 0 spiro atoms. The van der Waals surface area contributed by atoms with Gasteiger partial charge >= 0.3 is 6.61 Å². The van der Waals surface area contributed by atoms with Gasteiger partial charge in [0.25, 0.3) is 5.22 Å². The minimum Gasteiger partial charge on any atom is -0.435 e. The van der Waals surface area contributed by atoms with Crippen molar-refractivity contribution in [2.75, 3.05) is 0 Å². The summed E-state index contributed by atoms with van der Waals surface area (Å²) in [6.07, 6.45) is 0. The van der Waals surface area contributed by atoms with E-state index in [4.69, 9.17) is 4.42 Å². The minimum absolute atomic E-state index is 0.0854. The Kier molecular flexibility index (Phi) is 5.10. The van der Waals surface area contributed by atoms with Crippen molar-refractivity contribution in [1.82, 2.24) is 10.2 Å². The predicted molar refractivity (Wildman–Crippen MR) is 87.1 cm³/mol. The second-order valence-corrected chi connectivity index (χ2v) is 5.98. The summed E-state index contributed by atoms with van der Waals surface area (Å²) in [6, 6.07) is 14.3. The van der Waals surface area contributed by atoms with Gasteiger partial charge in [0.2, 0.25) is 5.89 Å². The Morgan fingerprint density at radius 2 is 1.75 bits per heavy atom. The molecule has 0 atom stereocenters. The average Bonchev–Trinajstić information content (AvgIpc) is 3.03. The maximum atomic E-state index is 12.1. The molecule has 0 bridgehead atoms. The molecule has 1 aromatic heterocycles. The number of halogens is 2. The van der Waals surface area contributed by atoms with Crippen LogP contribution in [-0.4, -0.2) is 16.8 Å². The monoisotopic (exact) mass is 348 g/mol. The lowest BCUT2D eigenvalue weighted by Gasteiger charge is -2.03. The van der Waals surface area contributed by atoms with Gasteiger partial charge in [-0.05, 0) is 36.8 Å². The van der Waals surface area contributed by atoms with Crippen molar-refractivity contribution in [3.8, 4) is 17.2 Å². The van der Waals surface area contributed by atoms with Crippen LogP contribution in [-0.2, 0) is 5.75 Å². The van der Waals surface area contributed by atoms with Gasteiger partial charge in [0, 0.05) is 11.3 Å². The number of alkyl halides is 2. The Balaban J connectivity index is 1.63. The van der Waals surface area contributed by atoms with Crippen LogP contribution in [0.4, 0.5) is 8.78 Å². The lowest BCUT2D eigenvalue weighted by Crippen LogP contribution is -2.01. The zero-order valence-corrected chi connectivity index (χ0v) is 13.6. The van der Waals surface area contributed by atoms with Crippen LogP contribution in [0.2, 0.25) is 0 Å². The van der Waals surface area contributed by atoms with E-state index in [1.807, 2.05) is 6.92 Å². The van der Waals surface area contributed by atoms with Crippen LogP contribution in [0, 0.1) is 6.92 Å². The first kappa shape index (κ1) is 16.4. The summed E-state index contributed by atoms with van der Waals surface area (Å²) in [7, 11) is 0. The topological polar surface area (TPSA) is 48.2 Å². The van der Waals surface area contributed by atoms with E-state index in [1.54, 1.807) is 12.1 Å². The van der Waals surface area contributed by atoms with Crippen LogP contribution in [0.25, 0.3) is 11.5 Å². The fourth-order valence-corrected chi connectivity index (χ4v) is 2.71. The highest BCUT2D eigenvalue weighted by Gasteiger charge is 2.10. The van der Waals surface area contributed by atoms with Gasteiger partial charge in [-0.15, -0.1) is 10.2 Å². The van der Waals surface area contributed by atoms with E-state index in [9.17, 15) is 8.78 Å². The maximum Gasteiger partial charge on any atom is 0.387 e. The number of thioether (sulfide) groups is 1. The lowest BCUT2D eigenvalue weighted by atomic mass is 10.2. The normalized spacial score (nSPS) is 11.0. The molecule has 0 amide bonds.